The quantitative estimate of drug-likeness (QED) is 0.483. The maximum absolute atomic E-state index is 13.9. The van der Waals surface area contributed by atoms with Crippen molar-refractivity contribution < 1.29 is 9.18 Å². The molecule has 0 unspecified atom stereocenters. The first-order chi connectivity index (χ1) is 13.9. The number of hydrogen-bond donors (Lipinski definition) is 1. The van der Waals surface area contributed by atoms with E-state index in [4.69, 9.17) is 11.6 Å². The molecule has 3 rings (SSSR count). The molecule has 3 aromatic carbocycles. The first kappa shape index (κ1) is 21.4. The van der Waals surface area contributed by atoms with Gasteiger partial charge >= 0.3 is 0 Å². The van der Waals surface area contributed by atoms with Gasteiger partial charge in [-0.25, -0.2) is 4.39 Å². The van der Waals surface area contributed by atoms with E-state index in [0.29, 0.717) is 16.3 Å². The number of benzene rings is 3. The van der Waals surface area contributed by atoms with Crippen LogP contribution in [0.3, 0.4) is 0 Å². The number of rotatable bonds is 7. The van der Waals surface area contributed by atoms with Crippen molar-refractivity contribution in [2.75, 3.05) is 5.75 Å². The van der Waals surface area contributed by atoms with Crippen LogP contribution in [0.5, 0.6) is 0 Å². The van der Waals surface area contributed by atoms with Crippen molar-refractivity contribution in [2.45, 2.75) is 25.6 Å². The highest BCUT2D eigenvalue weighted by Gasteiger charge is 2.18. The molecule has 3 aromatic rings. The summed E-state index contributed by atoms with van der Waals surface area (Å²) in [6.45, 7) is 4.11. The molecule has 0 fully saturated rings. The predicted octanol–water partition coefficient (Wildman–Crippen LogP) is 6.23. The van der Waals surface area contributed by atoms with E-state index in [-0.39, 0.29) is 23.5 Å². The molecule has 0 aliphatic heterocycles. The zero-order valence-corrected chi connectivity index (χ0v) is 18.0. The Morgan fingerprint density at radius 3 is 2.52 bits per heavy atom. The van der Waals surface area contributed by atoms with Crippen LogP contribution in [-0.4, -0.2) is 11.7 Å². The lowest BCUT2D eigenvalue weighted by Crippen LogP contribution is -2.31. The SMILES string of the molecule is Cc1ccc([C@@H](NC(=O)CSCc2ccc(Cl)cc2F)c2ccccc2)c(C)c1. The first-order valence-electron chi connectivity index (χ1n) is 9.37. The van der Waals surface area contributed by atoms with Gasteiger partial charge in [-0.2, -0.15) is 0 Å². The molecule has 0 aliphatic carbocycles. The number of hydrogen-bond acceptors (Lipinski definition) is 2. The number of aryl methyl sites for hydroxylation is 2. The van der Waals surface area contributed by atoms with Crippen molar-refractivity contribution in [3.8, 4) is 0 Å². The normalized spacial score (nSPS) is 11.9. The second kappa shape index (κ2) is 9.95. The third kappa shape index (κ3) is 5.84. The number of halogens is 2. The van der Waals surface area contributed by atoms with Crippen LogP contribution in [0.4, 0.5) is 4.39 Å². The third-order valence-electron chi connectivity index (χ3n) is 4.68. The van der Waals surface area contributed by atoms with Crippen LogP contribution >= 0.6 is 23.4 Å². The van der Waals surface area contributed by atoms with Crippen molar-refractivity contribution in [2.24, 2.45) is 0 Å². The van der Waals surface area contributed by atoms with E-state index in [2.05, 4.69) is 37.4 Å². The summed E-state index contributed by atoms with van der Waals surface area (Å²) in [5.41, 5.74) is 4.96. The molecule has 1 atom stereocenters. The van der Waals surface area contributed by atoms with Gasteiger partial charge in [0.2, 0.25) is 5.91 Å². The molecule has 150 valence electrons. The maximum atomic E-state index is 13.9. The fourth-order valence-electron chi connectivity index (χ4n) is 3.23. The fourth-order valence-corrected chi connectivity index (χ4v) is 4.21. The highest BCUT2D eigenvalue weighted by atomic mass is 35.5. The predicted molar refractivity (Wildman–Crippen MR) is 120 cm³/mol. The highest BCUT2D eigenvalue weighted by Crippen LogP contribution is 2.26. The Morgan fingerprint density at radius 2 is 1.83 bits per heavy atom. The van der Waals surface area contributed by atoms with Crippen LogP contribution in [0.15, 0.2) is 66.7 Å². The smallest absolute Gasteiger partial charge is 0.230 e. The number of carbonyl (C=O) groups is 1. The number of amides is 1. The molecule has 0 saturated carbocycles. The number of carbonyl (C=O) groups excluding carboxylic acids is 1. The van der Waals surface area contributed by atoms with Gasteiger partial charge in [-0.05, 0) is 48.2 Å². The largest absolute Gasteiger partial charge is 0.344 e. The molecule has 0 saturated heterocycles. The minimum atomic E-state index is -0.345. The molecule has 29 heavy (non-hydrogen) atoms. The van der Waals surface area contributed by atoms with Crippen LogP contribution in [0.2, 0.25) is 5.02 Å². The average Bonchev–Trinajstić information content (AvgIpc) is 2.69. The van der Waals surface area contributed by atoms with E-state index >= 15 is 0 Å². The Kier molecular flexibility index (Phi) is 7.34. The van der Waals surface area contributed by atoms with Gasteiger partial charge in [-0.15, -0.1) is 11.8 Å². The van der Waals surface area contributed by atoms with Crippen LogP contribution in [0.25, 0.3) is 0 Å². The Labute approximate surface area is 180 Å². The van der Waals surface area contributed by atoms with Crippen molar-refractivity contribution >= 4 is 29.3 Å². The zero-order chi connectivity index (χ0) is 20.8. The van der Waals surface area contributed by atoms with Crippen molar-refractivity contribution in [3.05, 3.63) is 105 Å². The van der Waals surface area contributed by atoms with Gasteiger partial charge in [0.25, 0.3) is 0 Å². The lowest BCUT2D eigenvalue weighted by atomic mass is 9.94. The summed E-state index contributed by atoms with van der Waals surface area (Å²) < 4.78 is 13.9. The second-order valence-electron chi connectivity index (χ2n) is 7.00. The minimum Gasteiger partial charge on any atom is -0.344 e. The molecule has 0 aliphatic rings. The second-order valence-corrected chi connectivity index (χ2v) is 8.42. The molecule has 0 aromatic heterocycles. The summed E-state index contributed by atoms with van der Waals surface area (Å²) in [6, 6.07) is 20.6. The van der Waals surface area contributed by atoms with Gasteiger partial charge in [-0.3, -0.25) is 4.79 Å². The van der Waals surface area contributed by atoms with E-state index in [1.165, 1.54) is 23.4 Å². The van der Waals surface area contributed by atoms with E-state index < -0.39 is 0 Å². The summed E-state index contributed by atoms with van der Waals surface area (Å²) in [5.74, 6) is 0.229. The maximum Gasteiger partial charge on any atom is 0.230 e. The standard InChI is InChI=1S/C24H23ClFNOS/c1-16-8-11-21(17(2)12-16)24(18-6-4-3-5-7-18)27-23(28)15-29-14-19-9-10-20(25)13-22(19)26/h3-13,24H,14-15H2,1-2H3,(H,27,28)/t24-/m0/s1. The van der Waals surface area contributed by atoms with E-state index in [1.54, 1.807) is 12.1 Å². The molecule has 0 bridgehead atoms. The summed E-state index contributed by atoms with van der Waals surface area (Å²) in [7, 11) is 0. The summed E-state index contributed by atoms with van der Waals surface area (Å²) in [6.07, 6.45) is 0. The number of thioether (sulfide) groups is 1. The molecule has 0 radical (unpaired) electrons. The summed E-state index contributed by atoms with van der Waals surface area (Å²) in [5, 5.41) is 3.51. The van der Waals surface area contributed by atoms with Gasteiger partial charge in [0.15, 0.2) is 0 Å². The Balaban J connectivity index is 1.70. The van der Waals surface area contributed by atoms with Crippen molar-refractivity contribution in [3.63, 3.8) is 0 Å². The topological polar surface area (TPSA) is 29.1 Å². The molecule has 2 nitrogen and oxygen atoms in total. The fraction of sp³-hybridized carbons (Fsp3) is 0.208. The monoisotopic (exact) mass is 427 g/mol. The molecule has 0 heterocycles. The minimum absolute atomic E-state index is 0.0850. The molecule has 0 spiro atoms. The Hall–Kier alpha value is -2.30. The zero-order valence-electron chi connectivity index (χ0n) is 16.4. The van der Waals surface area contributed by atoms with E-state index in [0.717, 1.165) is 16.7 Å². The van der Waals surface area contributed by atoms with Crippen LogP contribution in [0, 0.1) is 19.7 Å². The summed E-state index contributed by atoms with van der Waals surface area (Å²) in [4.78, 5) is 12.7. The molecule has 5 heteroatoms. The van der Waals surface area contributed by atoms with Gasteiger partial charge in [-0.1, -0.05) is 71.8 Å². The van der Waals surface area contributed by atoms with E-state index in [9.17, 15) is 9.18 Å². The lowest BCUT2D eigenvalue weighted by molar-refractivity contribution is -0.119. The lowest BCUT2D eigenvalue weighted by Gasteiger charge is -2.22. The van der Waals surface area contributed by atoms with Crippen LogP contribution < -0.4 is 5.32 Å². The van der Waals surface area contributed by atoms with Crippen LogP contribution in [-0.2, 0) is 10.5 Å². The van der Waals surface area contributed by atoms with Gasteiger partial charge in [0.05, 0.1) is 11.8 Å². The highest BCUT2D eigenvalue weighted by molar-refractivity contribution is 7.99. The van der Waals surface area contributed by atoms with Gasteiger partial charge < -0.3 is 5.32 Å². The Morgan fingerprint density at radius 1 is 1.07 bits per heavy atom. The van der Waals surface area contributed by atoms with Crippen LogP contribution in [0.1, 0.15) is 33.9 Å². The molecule has 1 amide bonds. The third-order valence-corrected chi connectivity index (χ3v) is 5.90. The number of nitrogens with one attached hydrogen (secondary N) is 1. The van der Waals surface area contributed by atoms with Gasteiger partial charge in [0.1, 0.15) is 5.82 Å². The van der Waals surface area contributed by atoms with Crippen molar-refractivity contribution in [1.82, 2.24) is 5.32 Å². The molecular formula is C24H23ClFNOS. The first-order valence-corrected chi connectivity index (χ1v) is 10.9. The molecule has 1 N–H and O–H groups in total. The summed E-state index contributed by atoms with van der Waals surface area (Å²) >= 11 is 7.17. The van der Waals surface area contributed by atoms with E-state index in [1.807, 2.05) is 30.3 Å². The average molecular weight is 428 g/mol. The van der Waals surface area contributed by atoms with Gasteiger partial charge in [0, 0.05) is 10.8 Å². The molecular weight excluding hydrogens is 405 g/mol. The Bertz CT molecular complexity index is 993. The van der Waals surface area contributed by atoms with Crippen molar-refractivity contribution in [1.29, 1.82) is 0 Å².